The Balaban J connectivity index is 1.59. The van der Waals surface area contributed by atoms with Crippen molar-refractivity contribution in [3.05, 3.63) is 27.2 Å². The highest BCUT2D eigenvalue weighted by Gasteiger charge is 2.18. The van der Waals surface area contributed by atoms with Gasteiger partial charge in [0.15, 0.2) is 17.8 Å². The van der Waals surface area contributed by atoms with E-state index in [2.05, 4.69) is 10.3 Å². The van der Waals surface area contributed by atoms with Gasteiger partial charge in [-0.15, -0.1) is 0 Å². The topological polar surface area (TPSA) is 117 Å². The quantitative estimate of drug-likeness (QED) is 0.711. The summed E-state index contributed by atoms with van der Waals surface area (Å²) in [4.78, 5) is 52.7. The first kappa shape index (κ1) is 20.8. The number of carbonyl (C=O) groups excluding carboxylic acids is 2. The molecule has 1 N–H and O–H groups in total. The van der Waals surface area contributed by atoms with Crippen molar-refractivity contribution in [2.75, 3.05) is 6.61 Å². The van der Waals surface area contributed by atoms with Crippen LogP contribution in [0.5, 0.6) is 0 Å². The Bertz CT molecular complexity index is 1010. The summed E-state index contributed by atoms with van der Waals surface area (Å²) in [7, 11) is 2.86. The molecule has 1 aliphatic carbocycles. The summed E-state index contributed by atoms with van der Waals surface area (Å²) in [6.45, 7) is -0.640. The average molecular weight is 405 g/mol. The maximum atomic E-state index is 12.4. The molecule has 0 spiro atoms. The van der Waals surface area contributed by atoms with Crippen LogP contribution in [-0.2, 0) is 35.0 Å². The van der Waals surface area contributed by atoms with Gasteiger partial charge >= 0.3 is 11.7 Å². The number of nitrogens with zero attached hydrogens (tertiary/aromatic N) is 4. The van der Waals surface area contributed by atoms with Gasteiger partial charge in [0.2, 0.25) is 0 Å². The van der Waals surface area contributed by atoms with E-state index >= 15 is 0 Å². The summed E-state index contributed by atoms with van der Waals surface area (Å²) in [5.74, 6) is -0.981. The second kappa shape index (κ2) is 9.06. The fourth-order valence-electron chi connectivity index (χ4n) is 3.72. The third kappa shape index (κ3) is 4.75. The fraction of sp³-hybridized carbons (Fsp3) is 0.632. The fourth-order valence-corrected chi connectivity index (χ4v) is 3.72. The summed E-state index contributed by atoms with van der Waals surface area (Å²) >= 11 is 0. The van der Waals surface area contributed by atoms with Gasteiger partial charge in [-0.05, 0) is 12.8 Å². The van der Waals surface area contributed by atoms with Crippen LogP contribution in [0.3, 0.4) is 0 Å². The molecule has 2 aromatic heterocycles. The number of imidazole rings is 1. The van der Waals surface area contributed by atoms with E-state index in [1.54, 1.807) is 0 Å². The lowest BCUT2D eigenvalue weighted by atomic mass is 9.97. The van der Waals surface area contributed by atoms with Gasteiger partial charge in [-0.25, -0.2) is 9.78 Å². The highest BCUT2D eigenvalue weighted by atomic mass is 16.5. The number of amides is 1. The Morgan fingerprint density at radius 2 is 1.76 bits per heavy atom. The van der Waals surface area contributed by atoms with Gasteiger partial charge in [-0.2, -0.15) is 0 Å². The van der Waals surface area contributed by atoms with Crippen molar-refractivity contribution in [3.63, 3.8) is 0 Å². The van der Waals surface area contributed by atoms with E-state index in [4.69, 9.17) is 4.74 Å². The zero-order chi connectivity index (χ0) is 21.0. The second-order valence-electron chi connectivity index (χ2n) is 7.52. The van der Waals surface area contributed by atoms with Crippen LogP contribution < -0.4 is 16.6 Å². The van der Waals surface area contributed by atoms with Crippen molar-refractivity contribution in [2.24, 2.45) is 14.1 Å². The molecular formula is C19H27N5O5. The molecule has 0 bridgehead atoms. The third-order valence-electron chi connectivity index (χ3n) is 5.35. The van der Waals surface area contributed by atoms with E-state index in [-0.39, 0.29) is 36.3 Å². The zero-order valence-electron chi connectivity index (χ0n) is 16.8. The molecule has 0 aromatic carbocycles. The molecule has 1 aliphatic rings. The summed E-state index contributed by atoms with van der Waals surface area (Å²) in [6.07, 6.45) is 9.01. The highest BCUT2D eigenvalue weighted by molar-refractivity contribution is 5.81. The number of esters is 1. The Morgan fingerprint density at radius 3 is 2.45 bits per heavy atom. The van der Waals surface area contributed by atoms with Crippen LogP contribution in [0.25, 0.3) is 11.2 Å². The van der Waals surface area contributed by atoms with Gasteiger partial charge < -0.3 is 14.6 Å². The molecule has 10 nitrogen and oxygen atoms in total. The lowest BCUT2D eigenvalue weighted by Gasteiger charge is -2.20. The standard InChI is InChI=1S/C19H27N5O5/c1-22-17-16(18(27)23(2)19(22)28)24(12-20-17)10-15(26)29-11-14(25)21-13-8-6-4-3-5-7-9-13/h12-13H,3-11H2,1-2H3,(H,21,25). The van der Waals surface area contributed by atoms with Gasteiger partial charge in [-0.1, -0.05) is 32.1 Å². The molecule has 0 unspecified atom stereocenters. The van der Waals surface area contributed by atoms with Crippen LogP contribution in [0.4, 0.5) is 0 Å². The molecule has 1 saturated carbocycles. The number of fused-ring (bicyclic) bond motifs is 1. The van der Waals surface area contributed by atoms with Crippen LogP contribution in [0.1, 0.15) is 44.9 Å². The first-order chi connectivity index (χ1) is 13.9. The van der Waals surface area contributed by atoms with E-state index in [1.807, 2.05) is 0 Å². The second-order valence-corrected chi connectivity index (χ2v) is 7.52. The molecule has 1 fully saturated rings. The van der Waals surface area contributed by atoms with Crippen LogP contribution in [-0.4, -0.2) is 43.2 Å². The molecule has 0 atom stereocenters. The minimum atomic E-state index is -0.659. The lowest BCUT2D eigenvalue weighted by molar-refractivity contribution is -0.149. The van der Waals surface area contributed by atoms with Crippen molar-refractivity contribution in [1.29, 1.82) is 0 Å². The Hall–Kier alpha value is -2.91. The number of hydrogen-bond donors (Lipinski definition) is 1. The van der Waals surface area contributed by atoms with Crippen molar-refractivity contribution >= 4 is 23.0 Å². The Labute approximate surface area is 167 Å². The number of aryl methyl sites for hydroxylation is 1. The number of rotatable bonds is 5. The minimum absolute atomic E-state index is 0.128. The summed E-state index contributed by atoms with van der Waals surface area (Å²) in [6, 6.07) is 0.128. The van der Waals surface area contributed by atoms with Crippen molar-refractivity contribution in [3.8, 4) is 0 Å². The van der Waals surface area contributed by atoms with Crippen molar-refractivity contribution < 1.29 is 14.3 Å². The summed E-state index contributed by atoms with van der Waals surface area (Å²) < 4.78 is 8.59. The van der Waals surface area contributed by atoms with Crippen molar-refractivity contribution in [1.82, 2.24) is 24.0 Å². The Morgan fingerprint density at radius 1 is 1.10 bits per heavy atom. The predicted octanol–water partition coefficient (Wildman–Crippen LogP) is 0.206. The van der Waals surface area contributed by atoms with Gasteiger partial charge in [0.05, 0.1) is 6.33 Å². The Kier molecular flexibility index (Phi) is 6.50. The number of hydrogen-bond acceptors (Lipinski definition) is 6. The maximum absolute atomic E-state index is 12.4. The summed E-state index contributed by atoms with van der Waals surface area (Å²) in [5.41, 5.74) is -0.727. The molecule has 0 radical (unpaired) electrons. The highest BCUT2D eigenvalue weighted by Crippen LogP contribution is 2.17. The summed E-state index contributed by atoms with van der Waals surface area (Å²) in [5, 5.41) is 2.93. The van der Waals surface area contributed by atoms with Gasteiger partial charge in [0.1, 0.15) is 6.54 Å². The van der Waals surface area contributed by atoms with Gasteiger partial charge in [-0.3, -0.25) is 23.5 Å². The maximum Gasteiger partial charge on any atom is 0.332 e. The predicted molar refractivity (Wildman–Crippen MR) is 105 cm³/mol. The van der Waals surface area contributed by atoms with Crippen LogP contribution in [0.15, 0.2) is 15.9 Å². The monoisotopic (exact) mass is 405 g/mol. The smallest absolute Gasteiger partial charge is 0.332 e. The van der Waals surface area contributed by atoms with Crippen LogP contribution >= 0.6 is 0 Å². The normalized spacial score (nSPS) is 15.7. The first-order valence-corrected chi connectivity index (χ1v) is 9.94. The first-order valence-electron chi connectivity index (χ1n) is 9.94. The number of aromatic nitrogens is 4. The molecule has 0 aliphatic heterocycles. The molecular weight excluding hydrogens is 378 g/mol. The van der Waals surface area contributed by atoms with E-state index in [1.165, 1.54) is 48.8 Å². The molecule has 2 aromatic rings. The van der Waals surface area contributed by atoms with Crippen molar-refractivity contribution in [2.45, 2.75) is 57.5 Å². The SMILES string of the molecule is Cn1c(=O)c2c(ncn2CC(=O)OCC(=O)NC2CCCCCCC2)n(C)c1=O. The molecule has 29 heavy (non-hydrogen) atoms. The van der Waals surface area contributed by atoms with Gasteiger partial charge in [0.25, 0.3) is 11.5 Å². The van der Waals surface area contributed by atoms with E-state index in [0.29, 0.717) is 0 Å². The molecule has 2 heterocycles. The van der Waals surface area contributed by atoms with Crippen LogP contribution in [0.2, 0.25) is 0 Å². The third-order valence-corrected chi connectivity index (χ3v) is 5.35. The van der Waals surface area contributed by atoms with E-state index in [0.717, 1.165) is 30.3 Å². The lowest BCUT2D eigenvalue weighted by Crippen LogP contribution is -2.38. The van der Waals surface area contributed by atoms with E-state index < -0.39 is 17.2 Å². The van der Waals surface area contributed by atoms with E-state index in [9.17, 15) is 19.2 Å². The van der Waals surface area contributed by atoms with Gasteiger partial charge in [0, 0.05) is 20.1 Å². The van der Waals surface area contributed by atoms with Crippen LogP contribution in [0, 0.1) is 0 Å². The average Bonchev–Trinajstić information content (AvgIpc) is 3.08. The molecule has 3 rings (SSSR count). The number of nitrogens with one attached hydrogen (secondary N) is 1. The largest absolute Gasteiger partial charge is 0.454 e. The molecule has 1 amide bonds. The molecule has 10 heteroatoms. The molecule has 158 valence electrons. The number of ether oxygens (including phenoxy) is 1. The minimum Gasteiger partial charge on any atom is -0.454 e. The molecule has 0 saturated heterocycles. The number of carbonyl (C=O) groups is 2. The zero-order valence-corrected chi connectivity index (χ0v) is 16.8.